The minimum atomic E-state index is -0.297. The molecule has 102 valence electrons. The number of imidazole rings is 1. The maximum absolute atomic E-state index is 11.8. The molecule has 6 heteroatoms. The van der Waals surface area contributed by atoms with E-state index in [4.69, 9.17) is 5.73 Å². The third-order valence-corrected chi connectivity index (χ3v) is 3.34. The van der Waals surface area contributed by atoms with Crippen molar-refractivity contribution < 1.29 is 0 Å². The van der Waals surface area contributed by atoms with Gasteiger partial charge in [-0.3, -0.25) is 9.78 Å². The van der Waals surface area contributed by atoms with Gasteiger partial charge >= 0.3 is 0 Å². The molecule has 6 nitrogen and oxygen atoms in total. The van der Waals surface area contributed by atoms with E-state index in [0.717, 1.165) is 17.8 Å². The van der Waals surface area contributed by atoms with Crippen molar-refractivity contribution in [2.45, 2.75) is 19.3 Å². The van der Waals surface area contributed by atoms with Crippen LogP contribution < -0.4 is 11.3 Å². The summed E-state index contributed by atoms with van der Waals surface area (Å²) in [5.41, 5.74) is 7.11. The van der Waals surface area contributed by atoms with Crippen LogP contribution in [0.2, 0.25) is 0 Å². The maximum Gasteiger partial charge on any atom is 0.278 e. The summed E-state index contributed by atoms with van der Waals surface area (Å²) in [4.78, 5) is 25.8. The van der Waals surface area contributed by atoms with Gasteiger partial charge in [0.1, 0.15) is 5.82 Å². The van der Waals surface area contributed by atoms with E-state index in [1.165, 1.54) is 0 Å². The summed E-state index contributed by atoms with van der Waals surface area (Å²) >= 11 is 0. The van der Waals surface area contributed by atoms with E-state index in [1.807, 2.05) is 30.3 Å². The van der Waals surface area contributed by atoms with E-state index in [1.54, 1.807) is 0 Å². The topological polar surface area (TPSA) is 100 Å². The second-order valence-corrected chi connectivity index (χ2v) is 4.64. The van der Waals surface area contributed by atoms with Crippen molar-refractivity contribution in [3.05, 3.63) is 52.1 Å². The molecule has 3 rings (SSSR count). The van der Waals surface area contributed by atoms with Gasteiger partial charge in [0.15, 0.2) is 11.2 Å². The molecule has 0 saturated carbocycles. The Bertz CT molecular complexity index is 790. The van der Waals surface area contributed by atoms with Gasteiger partial charge in [-0.15, -0.1) is 0 Å². The zero-order chi connectivity index (χ0) is 14.1. The van der Waals surface area contributed by atoms with Crippen molar-refractivity contribution in [2.24, 2.45) is 0 Å². The fourth-order valence-electron chi connectivity index (χ4n) is 2.38. The fourth-order valence-corrected chi connectivity index (χ4v) is 2.38. The predicted molar refractivity (Wildman–Crippen MR) is 77.5 cm³/mol. The van der Waals surface area contributed by atoms with Crippen LogP contribution in [-0.2, 0) is 0 Å². The highest BCUT2D eigenvalue weighted by Crippen LogP contribution is 2.26. The summed E-state index contributed by atoms with van der Waals surface area (Å²) in [5.74, 6) is 0.914. The number of nitrogen functional groups attached to an aromatic ring is 1. The van der Waals surface area contributed by atoms with Gasteiger partial charge in [0, 0.05) is 5.92 Å². The number of hydrogen-bond donors (Lipinski definition) is 3. The molecule has 0 saturated heterocycles. The SMILES string of the molecule is CCC(c1ccccc1)c1nc2nc(N)[nH]c(=O)c2[nH]1. The van der Waals surface area contributed by atoms with Crippen LogP contribution in [0.3, 0.4) is 0 Å². The van der Waals surface area contributed by atoms with Gasteiger partial charge in [0.25, 0.3) is 5.56 Å². The molecule has 0 aliphatic heterocycles. The van der Waals surface area contributed by atoms with Crippen molar-refractivity contribution in [1.29, 1.82) is 0 Å². The number of nitrogens with zero attached hydrogens (tertiary/aromatic N) is 2. The summed E-state index contributed by atoms with van der Waals surface area (Å²) < 4.78 is 0. The first-order valence-electron chi connectivity index (χ1n) is 6.49. The van der Waals surface area contributed by atoms with Crippen LogP contribution in [0.15, 0.2) is 35.1 Å². The number of H-pyrrole nitrogens is 2. The molecular weight excluding hydrogens is 254 g/mol. The molecule has 4 N–H and O–H groups in total. The maximum atomic E-state index is 11.8. The Balaban J connectivity index is 2.14. The first-order chi connectivity index (χ1) is 9.69. The van der Waals surface area contributed by atoms with E-state index >= 15 is 0 Å². The molecule has 1 aromatic carbocycles. The van der Waals surface area contributed by atoms with Gasteiger partial charge in [0.2, 0.25) is 5.95 Å². The zero-order valence-electron chi connectivity index (χ0n) is 11.1. The first kappa shape index (κ1) is 12.4. The molecule has 0 fully saturated rings. The summed E-state index contributed by atoms with van der Waals surface area (Å²) in [7, 11) is 0. The van der Waals surface area contributed by atoms with E-state index in [0.29, 0.717) is 11.2 Å². The first-order valence-corrected chi connectivity index (χ1v) is 6.49. The monoisotopic (exact) mass is 269 g/mol. The van der Waals surface area contributed by atoms with Crippen LogP contribution in [0.25, 0.3) is 11.2 Å². The molecule has 0 spiro atoms. The van der Waals surface area contributed by atoms with Gasteiger partial charge in [-0.2, -0.15) is 4.98 Å². The highest BCUT2D eigenvalue weighted by molar-refractivity contribution is 5.70. The summed E-state index contributed by atoms with van der Waals surface area (Å²) in [6, 6.07) is 10.1. The van der Waals surface area contributed by atoms with Crippen molar-refractivity contribution in [3.8, 4) is 0 Å². The number of aromatic nitrogens is 4. The third-order valence-electron chi connectivity index (χ3n) is 3.34. The molecule has 3 aromatic rings. The van der Waals surface area contributed by atoms with Gasteiger partial charge < -0.3 is 10.7 Å². The minimum absolute atomic E-state index is 0.0771. The lowest BCUT2D eigenvalue weighted by Gasteiger charge is -2.11. The van der Waals surface area contributed by atoms with E-state index in [-0.39, 0.29) is 17.4 Å². The predicted octanol–water partition coefficient (Wildman–Crippen LogP) is 1.77. The normalized spacial score (nSPS) is 12.7. The average Bonchev–Trinajstić information content (AvgIpc) is 2.84. The highest BCUT2D eigenvalue weighted by atomic mass is 16.1. The molecule has 2 heterocycles. The van der Waals surface area contributed by atoms with Gasteiger partial charge in [-0.25, -0.2) is 4.98 Å². The molecule has 1 unspecified atom stereocenters. The summed E-state index contributed by atoms with van der Waals surface area (Å²) in [5, 5.41) is 0. The van der Waals surface area contributed by atoms with Crippen LogP contribution in [0.4, 0.5) is 5.95 Å². The molecule has 0 aliphatic rings. The minimum Gasteiger partial charge on any atom is -0.369 e. The Kier molecular flexibility index (Phi) is 2.98. The lowest BCUT2D eigenvalue weighted by Crippen LogP contribution is -2.11. The Morgan fingerprint density at radius 2 is 1.95 bits per heavy atom. The molecule has 0 aliphatic carbocycles. The largest absolute Gasteiger partial charge is 0.369 e. The fraction of sp³-hybridized carbons (Fsp3) is 0.214. The number of nitrogens with two attached hydrogens (primary N) is 1. The van der Waals surface area contributed by atoms with E-state index in [2.05, 4.69) is 26.9 Å². The number of anilines is 1. The van der Waals surface area contributed by atoms with Crippen LogP contribution >= 0.6 is 0 Å². The number of rotatable bonds is 3. The molecular formula is C14H15N5O. The number of benzene rings is 1. The summed E-state index contributed by atoms with van der Waals surface area (Å²) in [6.45, 7) is 2.08. The lowest BCUT2D eigenvalue weighted by atomic mass is 9.96. The summed E-state index contributed by atoms with van der Waals surface area (Å²) in [6.07, 6.45) is 0.872. The van der Waals surface area contributed by atoms with Crippen LogP contribution in [0, 0.1) is 0 Å². The van der Waals surface area contributed by atoms with Gasteiger partial charge in [0.05, 0.1) is 0 Å². The van der Waals surface area contributed by atoms with E-state index < -0.39 is 0 Å². The molecule has 0 radical (unpaired) electrons. The Hall–Kier alpha value is -2.63. The third kappa shape index (κ3) is 2.05. The van der Waals surface area contributed by atoms with Crippen molar-refractivity contribution in [2.75, 3.05) is 5.73 Å². The lowest BCUT2D eigenvalue weighted by molar-refractivity contribution is 0.732. The number of hydrogen-bond acceptors (Lipinski definition) is 4. The second-order valence-electron chi connectivity index (χ2n) is 4.64. The molecule has 2 aromatic heterocycles. The van der Waals surface area contributed by atoms with Crippen molar-refractivity contribution in [1.82, 2.24) is 19.9 Å². The van der Waals surface area contributed by atoms with Crippen LogP contribution in [0.5, 0.6) is 0 Å². The Labute approximate surface area is 115 Å². The van der Waals surface area contributed by atoms with Gasteiger partial charge in [-0.1, -0.05) is 37.3 Å². The van der Waals surface area contributed by atoms with Crippen molar-refractivity contribution in [3.63, 3.8) is 0 Å². The number of aromatic amines is 2. The zero-order valence-corrected chi connectivity index (χ0v) is 11.1. The molecule has 1 atom stereocenters. The number of nitrogens with one attached hydrogen (secondary N) is 2. The standard InChI is InChI=1S/C14H15N5O/c1-2-9(8-6-4-3-5-7-8)11-16-10-12(17-11)18-14(15)19-13(10)20/h3-7,9H,2H2,1H3,(H4,15,16,17,18,19,20). The molecule has 20 heavy (non-hydrogen) atoms. The Morgan fingerprint density at radius 3 is 2.65 bits per heavy atom. The quantitative estimate of drug-likeness (QED) is 0.674. The highest BCUT2D eigenvalue weighted by Gasteiger charge is 2.17. The average molecular weight is 269 g/mol. The van der Waals surface area contributed by atoms with E-state index in [9.17, 15) is 4.79 Å². The number of fused-ring (bicyclic) bond motifs is 1. The van der Waals surface area contributed by atoms with Gasteiger partial charge in [-0.05, 0) is 12.0 Å². The second kappa shape index (κ2) is 4.80. The Morgan fingerprint density at radius 1 is 1.20 bits per heavy atom. The van der Waals surface area contributed by atoms with Crippen LogP contribution in [-0.4, -0.2) is 19.9 Å². The smallest absolute Gasteiger partial charge is 0.278 e. The van der Waals surface area contributed by atoms with Crippen molar-refractivity contribution >= 4 is 17.1 Å². The molecule has 0 bridgehead atoms. The van der Waals surface area contributed by atoms with Crippen LogP contribution in [0.1, 0.15) is 30.7 Å². The molecule has 0 amide bonds.